The Balaban J connectivity index is 1.40. The normalized spacial score (nSPS) is 13.9. The van der Waals surface area contributed by atoms with Gasteiger partial charge in [-0.25, -0.2) is 4.39 Å². The van der Waals surface area contributed by atoms with Crippen LogP contribution < -0.4 is 0 Å². The van der Waals surface area contributed by atoms with Crippen LogP contribution in [-0.4, -0.2) is 51.9 Å². The number of halogens is 1. The minimum atomic E-state index is -0.338. The Morgan fingerprint density at radius 2 is 1.91 bits per heavy atom. The van der Waals surface area contributed by atoms with Crippen molar-refractivity contribution in [3.05, 3.63) is 83.0 Å². The maximum absolute atomic E-state index is 14.7. The molecule has 0 N–H and O–H groups in total. The maximum atomic E-state index is 14.7. The van der Waals surface area contributed by atoms with Gasteiger partial charge in [0.25, 0.3) is 5.91 Å². The predicted molar refractivity (Wildman–Crippen MR) is 127 cm³/mol. The number of aromatic nitrogens is 3. The van der Waals surface area contributed by atoms with E-state index < -0.39 is 0 Å². The van der Waals surface area contributed by atoms with E-state index in [4.69, 9.17) is 4.74 Å². The number of thiophene rings is 1. The van der Waals surface area contributed by atoms with E-state index in [1.54, 1.807) is 22.8 Å². The van der Waals surface area contributed by atoms with Crippen LogP contribution in [0.25, 0.3) is 16.4 Å². The van der Waals surface area contributed by atoms with Gasteiger partial charge < -0.3 is 9.64 Å². The van der Waals surface area contributed by atoms with Gasteiger partial charge in [-0.2, -0.15) is 0 Å². The monoisotopic (exact) mass is 480 g/mol. The summed E-state index contributed by atoms with van der Waals surface area (Å²) in [6.07, 6.45) is 0. The second-order valence-corrected chi connectivity index (χ2v) is 9.35. The molecule has 1 amide bonds. The zero-order valence-electron chi connectivity index (χ0n) is 17.7. The third-order valence-corrected chi connectivity index (χ3v) is 7.17. The van der Waals surface area contributed by atoms with E-state index in [1.165, 1.54) is 29.2 Å². The quantitative estimate of drug-likeness (QED) is 0.368. The van der Waals surface area contributed by atoms with E-state index in [0.717, 1.165) is 10.4 Å². The van der Waals surface area contributed by atoms with Crippen LogP contribution in [0.3, 0.4) is 0 Å². The standard InChI is InChI=1S/C24H21FN4O2S2/c25-19-7-1-2-8-20(19)29-22(21-9-4-14-32-21)26-27-24(29)33-16-17-5-3-6-18(15-17)23(30)28-10-12-31-13-11-28/h1-9,14-15H,10-13,16H2. The molecule has 0 spiro atoms. The molecule has 1 saturated heterocycles. The highest BCUT2D eigenvalue weighted by atomic mass is 32.2. The fourth-order valence-electron chi connectivity index (χ4n) is 3.67. The molecule has 0 radical (unpaired) electrons. The first kappa shape index (κ1) is 21.8. The van der Waals surface area contributed by atoms with E-state index in [2.05, 4.69) is 10.2 Å². The van der Waals surface area contributed by atoms with Gasteiger partial charge in [0.2, 0.25) is 0 Å². The molecule has 1 aliphatic rings. The lowest BCUT2D eigenvalue weighted by Crippen LogP contribution is -2.40. The molecule has 168 valence electrons. The molecule has 1 fully saturated rings. The van der Waals surface area contributed by atoms with Gasteiger partial charge in [-0.3, -0.25) is 9.36 Å². The number of thioether (sulfide) groups is 1. The van der Waals surface area contributed by atoms with Crippen LogP contribution >= 0.6 is 23.1 Å². The summed E-state index contributed by atoms with van der Waals surface area (Å²) in [4.78, 5) is 15.6. The van der Waals surface area contributed by atoms with Gasteiger partial charge in [0, 0.05) is 24.4 Å². The van der Waals surface area contributed by atoms with E-state index in [9.17, 15) is 9.18 Å². The first-order valence-electron chi connectivity index (χ1n) is 10.5. The number of para-hydroxylation sites is 1. The lowest BCUT2D eigenvalue weighted by Gasteiger charge is -2.27. The molecule has 0 bridgehead atoms. The van der Waals surface area contributed by atoms with Gasteiger partial charge in [0.15, 0.2) is 11.0 Å². The number of morpholine rings is 1. The van der Waals surface area contributed by atoms with Gasteiger partial charge in [-0.15, -0.1) is 21.5 Å². The summed E-state index contributed by atoms with van der Waals surface area (Å²) >= 11 is 2.99. The second-order valence-electron chi connectivity index (χ2n) is 7.46. The summed E-state index contributed by atoms with van der Waals surface area (Å²) in [5.74, 6) is 0.852. The number of rotatable bonds is 6. The fourth-order valence-corrected chi connectivity index (χ4v) is 5.26. The van der Waals surface area contributed by atoms with E-state index in [0.29, 0.717) is 54.3 Å². The van der Waals surface area contributed by atoms with Crippen LogP contribution in [0.4, 0.5) is 4.39 Å². The lowest BCUT2D eigenvalue weighted by molar-refractivity contribution is 0.0303. The molecule has 33 heavy (non-hydrogen) atoms. The third-order valence-electron chi connectivity index (χ3n) is 5.31. The molecule has 0 unspecified atom stereocenters. The number of ether oxygens (including phenoxy) is 1. The summed E-state index contributed by atoms with van der Waals surface area (Å²) in [5, 5.41) is 11.3. The minimum absolute atomic E-state index is 0.0136. The summed E-state index contributed by atoms with van der Waals surface area (Å²) in [7, 11) is 0. The topological polar surface area (TPSA) is 60.2 Å². The van der Waals surface area contributed by atoms with Crippen molar-refractivity contribution in [1.29, 1.82) is 0 Å². The Bertz CT molecular complexity index is 1250. The van der Waals surface area contributed by atoms with Crippen molar-refractivity contribution in [2.24, 2.45) is 0 Å². The Morgan fingerprint density at radius 3 is 2.70 bits per heavy atom. The van der Waals surface area contributed by atoms with Gasteiger partial charge in [0.1, 0.15) is 5.82 Å². The van der Waals surface area contributed by atoms with Crippen LogP contribution in [0.5, 0.6) is 0 Å². The molecule has 9 heteroatoms. The van der Waals surface area contributed by atoms with Gasteiger partial charge in [0.05, 0.1) is 23.8 Å². The molecule has 0 atom stereocenters. The third kappa shape index (κ3) is 4.71. The molecule has 1 aliphatic heterocycles. The minimum Gasteiger partial charge on any atom is -0.378 e. The van der Waals surface area contributed by atoms with Gasteiger partial charge in [-0.1, -0.05) is 42.1 Å². The molecular weight excluding hydrogens is 459 g/mol. The van der Waals surface area contributed by atoms with Crippen molar-refractivity contribution in [1.82, 2.24) is 19.7 Å². The number of amides is 1. The molecule has 3 heterocycles. The highest BCUT2D eigenvalue weighted by Crippen LogP contribution is 2.32. The number of carbonyl (C=O) groups excluding carboxylic acids is 1. The van der Waals surface area contributed by atoms with Crippen LogP contribution in [0, 0.1) is 5.82 Å². The zero-order chi connectivity index (χ0) is 22.6. The summed E-state index contributed by atoms with van der Waals surface area (Å²) in [6, 6.07) is 18.1. The van der Waals surface area contributed by atoms with E-state index in [-0.39, 0.29) is 11.7 Å². The first-order valence-corrected chi connectivity index (χ1v) is 12.4. The Hall–Kier alpha value is -3.01. The number of carbonyl (C=O) groups is 1. The van der Waals surface area contributed by atoms with Gasteiger partial charge in [-0.05, 0) is 41.3 Å². The highest BCUT2D eigenvalue weighted by molar-refractivity contribution is 7.98. The van der Waals surface area contributed by atoms with Crippen LogP contribution in [0.1, 0.15) is 15.9 Å². The summed E-state index contributed by atoms with van der Waals surface area (Å²) in [6.45, 7) is 2.35. The van der Waals surface area contributed by atoms with Crippen molar-refractivity contribution in [3.63, 3.8) is 0 Å². The maximum Gasteiger partial charge on any atom is 0.254 e. The largest absolute Gasteiger partial charge is 0.378 e. The molecular formula is C24H21FN4O2S2. The molecule has 2 aromatic heterocycles. The predicted octanol–water partition coefficient (Wildman–Crippen LogP) is 4.90. The molecule has 0 saturated carbocycles. The Labute approximate surface area is 199 Å². The molecule has 0 aliphatic carbocycles. The van der Waals surface area contributed by atoms with Crippen molar-refractivity contribution < 1.29 is 13.9 Å². The number of hydrogen-bond acceptors (Lipinski definition) is 6. The summed E-state index contributed by atoms with van der Waals surface area (Å²) < 4.78 is 21.8. The molecule has 2 aromatic carbocycles. The Kier molecular flexibility index (Phi) is 6.52. The van der Waals surface area contributed by atoms with E-state index >= 15 is 0 Å². The number of hydrogen-bond donors (Lipinski definition) is 0. The van der Waals surface area contributed by atoms with Crippen LogP contribution in [0.2, 0.25) is 0 Å². The van der Waals surface area contributed by atoms with Crippen molar-refractivity contribution in [2.45, 2.75) is 10.9 Å². The average Bonchev–Trinajstić information content (AvgIpc) is 3.53. The second kappa shape index (κ2) is 9.86. The van der Waals surface area contributed by atoms with Crippen molar-refractivity contribution in [2.75, 3.05) is 26.3 Å². The SMILES string of the molecule is O=C(c1cccc(CSc2nnc(-c3cccs3)n2-c2ccccc2F)c1)N1CCOCC1. The zero-order valence-corrected chi connectivity index (χ0v) is 19.3. The van der Waals surface area contributed by atoms with Crippen molar-refractivity contribution >= 4 is 29.0 Å². The van der Waals surface area contributed by atoms with Crippen molar-refractivity contribution in [3.8, 4) is 16.4 Å². The highest BCUT2D eigenvalue weighted by Gasteiger charge is 2.21. The summed E-state index contributed by atoms with van der Waals surface area (Å²) in [5.41, 5.74) is 2.05. The van der Waals surface area contributed by atoms with E-state index in [1.807, 2.05) is 46.7 Å². The van der Waals surface area contributed by atoms with Crippen LogP contribution in [-0.2, 0) is 10.5 Å². The molecule has 5 rings (SSSR count). The average molecular weight is 481 g/mol. The number of nitrogens with zero attached hydrogens (tertiary/aromatic N) is 4. The Morgan fingerprint density at radius 1 is 1.06 bits per heavy atom. The van der Waals surface area contributed by atoms with Gasteiger partial charge >= 0.3 is 0 Å². The fraction of sp³-hybridized carbons (Fsp3) is 0.208. The molecule has 6 nitrogen and oxygen atoms in total. The first-order chi connectivity index (χ1) is 16.2. The molecule has 4 aromatic rings. The number of benzene rings is 2. The smallest absolute Gasteiger partial charge is 0.254 e. The lowest BCUT2D eigenvalue weighted by atomic mass is 10.1. The van der Waals surface area contributed by atoms with Crippen LogP contribution in [0.15, 0.2) is 71.2 Å².